The van der Waals surface area contributed by atoms with Gasteiger partial charge in [-0.1, -0.05) is 24.3 Å². The standard InChI is InChI=1S/C11H10O2/c12-11-8-4-2-6-5-1-3-7(8)10(13-11)9(5)6/h1-10H/t5-,6-,7+,8+,9+,10-/m1/s1. The highest BCUT2D eigenvalue weighted by atomic mass is 16.6. The normalized spacial score (nSPS) is 58.9. The van der Waals surface area contributed by atoms with Crippen LogP contribution in [0.4, 0.5) is 0 Å². The van der Waals surface area contributed by atoms with Crippen LogP contribution in [0.1, 0.15) is 0 Å². The molecule has 0 N–H and O–H groups in total. The van der Waals surface area contributed by atoms with Gasteiger partial charge in [0, 0.05) is 11.8 Å². The monoisotopic (exact) mass is 174 g/mol. The van der Waals surface area contributed by atoms with Crippen LogP contribution in [0.15, 0.2) is 24.3 Å². The minimum Gasteiger partial charge on any atom is -0.461 e. The number of allylic oxidation sites excluding steroid dienone is 2. The zero-order valence-corrected chi connectivity index (χ0v) is 7.09. The summed E-state index contributed by atoms with van der Waals surface area (Å²) in [5.74, 6) is 2.31. The van der Waals surface area contributed by atoms with Crippen LogP contribution in [0.5, 0.6) is 0 Å². The molecular formula is C11H10O2. The van der Waals surface area contributed by atoms with Crippen molar-refractivity contribution in [3.05, 3.63) is 24.3 Å². The zero-order chi connectivity index (χ0) is 8.58. The van der Waals surface area contributed by atoms with Crippen molar-refractivity contribution in [2.24, 2.45) is 29.6 Å². The Morgan fingerprint density at radius 1 is 1.00 bits per heavy atom. The molecule has 2 fully saturated rings. The Bertz CT molecular complexity index is 355. The van der Waals surface area contributed by atoms with Crippen LogP contribution in [0, 0.1) is 29.6 Å². The van der Waals surface area contributed by atoms with E-state index < -0.39 is 0 Å². The molecule has 0 radical (unpaired) electrons. The second-order valence-electron chi connectivity index (χ2n) is 4.51. The van der Waals surface area contributed by atoms with Gasteiger partial charge in [-0.05, 0) is 11.8 Å². The summed E-state index contributed by atoms with van der Waals surface area (Å²) in [5, 5.41) is 0. The number of esters is 1. The summed E-state index contributed by atoms with van der Waals surface area (Å²) in [7, 11) is 0. The van der Waals surface area contributed by atoms with Crippen molar-refractivity contribution >= 4 is 5.97 Å². The van der Waals surface area contributed by atoms with Crippen molar-refractivity contribution in [3.63, 3.8) is 0 Å². The Kier molecular flexibility index (Phi) is 0.859. The fourth-order valence-electron chi connectivity index (χ4n) is 3.26. The van der Waals surface area contributed by atoms with Crippen molar-refractivity contribution in [1.82, 2.24) is 0 Å². The smallest absolute Gasteiger partial charge is 0.313 e. The fraction of sp³-hybridized carbons (Fsp3) is 0.545. The molecule has 0 amide bonds. The molecule has 0 aromatic heterocycles. The third-order valence-corrected chi connectivity index (χ3v) is 3.99. The number of rotatable bonds is 0. The van der Waals surface area contributed by atoms with E-state index in [0.717, 1.165) is 0 Å². The molecule has 0 aromatic rings. The zero-order valence-electron chi connectivity index (χ0n) is 7.09. The van der Waals surface area contributed by atoms with Gasteiger partial charge in [0.05, 0.1) is 5.92 Å². The van der Waals surface area contributed by atoms with Crippen molar-refractivity contribution in [1.29, 1.82) is 0 Å². The Morgan fingerprint density at radius 3 is 2.54 bits per heavy atom. The molecule has 0 aromatic carbocycles. The molecule has 2 nitrogen and oxygen atoms in total. The van der Waals surface area contributed by atoms with Crippen molar-refractivity contribution < 1.29 is 9.53 Å². The Morgan fingerprint density at radius 2 is 1.69 bits per heavy atom. The van der Waals surface area contributed by atoms with Crippen LogP contribution in [0.3, 0.4) is 0 Å². The SMILES string of the molecule is O=C1O[C@@H]2[C@H]3C=C[C@@H]4[C@@H](C=C[C@H]13)[C@H]42. The van der Waals surface area contributed by atoms with Gasteiger partial charge >= 0.3 is 5.97 Å². The van der Waals surface area contributed by atoms with Crippen molar-refractivity contribution in [2.45, 2.75) is 6.10 Å². The van der Waals surface area contributed by atoms with Gasteiger partial charge in [0.25, 0.3) is 0 Å². The third kappa shape index (κ3) is 0.578. The largest absolute Gasteiger partial charge is 0.461 e. The fourth-order valence-corrected chi connectivity index (χ4v) is 3.26. The van der Waals surface area contributed by atoms with E-state index in [1.165, 1.54) is 0 Å². The molecule has 1 aliphatic heterocycles. The molecule has 1 heterocycles. The van der Waals surface area contributed by atoms with Crippen LogP contribution in [-0.4, -0.2) is 12.1 Å². The topological polar surface area (TPSA) is 26.3 Å². The number of fused-ring (bicyclic) bond motifs is 1. The lowest BCUT2D eigenvalue weighted by Gasteiger charge is -2.18. The summed E-state index contributed by atoms with van der Waals surface area (Å²) in [6.07, 6.45) is 8.99. The first-order valence-corrected chi connectivity index (χ1v) is 4.93. The highest BCUT2D eigenvalue weighted by Crippen LogP contribution is 2.60. The number of hydrogen-bond acceptors (Lipinski definition) is 2. The second-order valence-corrected chi connectivity index (χ2v) is 4.51. The van der Waals surface area contributed by atoms with Gasteiger partial charge in [0.15, 0.2) is 0 Å². The first kappa shape index (κ1) is 6.41. The molecule has 0 spiro atoms. The predicted octanol–water partition coefficient (Wildman–Crippen LogP) is 1.15. The predicted molar refractivity (Wildman–Crippen MR) is 45.6 cm³/mol. The summed E-state index contributed by atoms with van der Waals surface area (Å²) in [4.78, 5) is 11.5. The van der Waals surface area contributed by atoms with Crippen LogP contribution >= 0.6 is 0 Å². The Labute approximate surface area is 76.3 Å². The first-order valence-electron chi connectivity index (χ1n) is 4.93. The van der Waals surface area contributed by atoms with Crippen molar-refractivity contribution in [2.75, 3.05) is 0 Å². The summed E-state index contributed by atoms with van der Waals surface area (Å²) in [6.45, 7) is 0. The summed E-state index contributed by atoms with van der Waals surface area (Å²) >= 11 is 0. The van der Waals surface area contributed by atoms with Gasteiger partial charge in [-0.2, -0.15) is 0 Å². The summed E-state index contributed by atoms with van der Waals surface area (Å²) in [5.41, 5.74) is 0. The highest BCUT2D eigenvalue weighted by molar-refractivity contribution is 5.78. The van der Waals surface area contributed by atoms with Gasteiger partial charge in [0.2, 0.25) is 0 Å². The van der Waals surface area contributed by atoms with E-state index >= 15 is 0 Å². The maximum Gasteiger partial charge on any atom is 0.313 e. The molecule has 4 bridgehead atoms. The molecule has 1 saturated carbocycles. The van der Waals surface area contributed by atoms with E-state index in [4.69, 9.17) is 4.74 Å². The summed E-state index contributed by atoms with van der Waals surface area (Å²) in [6, 6.07) is 0. The second kappa shape index (κ2) is 1.74. The minimum absolute atomic E-state index is 0.0121. The van der Waals surface area contributed by atoms with Gasteiger partial charge < -0.3 is 4.74 Å². The average Bonchev–Trinajstić information content (AvgIpc) is 2.68. The van der Waals surface area contributed by atoms with Crippen molar-refractivity contribution in [3.8, 4) is 0 Å². The third-order valence-electron chi connectivity index (χ3n) is 3.99. The lowest BCUT2D eigenvalue weighted by atomic mass is 9.85. The maximum absolute atomic E-state index is 11.5. The first-order chi connectivity index (χ1) is 6.36. The minimum atomic E-state index is -0.0121. The van der Waals surface area contributed by atoms with Gasteiger partial charge in [-0.15, -0.1) is 0 Å². The molecule has 66 valence electrons. The number of carbonyl (C=O) groups excluding carboxylic acids is 1. The molecule has 6 atom stereocenters. The molecule has 13 heavy (non-hydrogen) atoms. The van der Waals surface area contributed by atoms with Gasteiger partial charge in [0.1, 0.15) is 6.10 Å². The molecule has 4 aliphatic rings. The summed E-state index contributed by atoms with van der Waals surface area (Å²) < 4.78 is 5.41. The van der Waals surface area contributed by atoms with Crippen LogP contribution in [-0.2, 0) is 9.53 Å². The average molecular weight is 174 g/mol. The van der Waals surface area contributed by atoms with E-state index in [0.29, 0.717) is 23.7 Å². The van der Waals surface area contributed by atoms with E-state index in [9.17, 15) is 4.79 Å². The molecular weight excluding hydrogens is 164 g/mol. The quantitative estimate of drug-likeness (QED) is 0.406. The van der Waals surface area contributed by atoms with Crippen LogP contribution < -0.4 is 0 Å². The maximum atomic E-state index is 11.5. The van der Waals surface area contributed by atoms with E-state index in [2.05, 4.69) is 24.3 Å². The Balaban J connectivity index is 1.93. The number of carbonyl (C=O) groups is 1. The van der Waals surface area contributed by atoms with Gasteiger partial charge in [-0.3, -0.25) is 4.79 Å². The lowest BCUT2D eigenvalue weighted by Crippen LogP contribution is -2.22. The van der Waals surface area contributed by atoms with Gasteiger partial charge in [-0.25, -0.2) is 0 Å². The molecule has 2 heteroatoms. The molecule has 1 saturated heterocycles. The van der Waals surface area contributed by atoms with Crippen LogP contribution in [0.25, 0.3) is 0 Å². The Hall–Kier alpha value is -1.05. The highest BCUT2D eigenvalue weighted by Gasteiger charge is 2.62. The lowest BCUT2D eigenvalue weighted by molar-refractivity contribution is -0.144. The van der Waals surface area contributed by atoms with E-state index in [-0.39, 0.29) is 18.0 Å². The molecule has 4 rings (SSSR count). The number of hydrogen-bond donors (Lipinski definition) is 0. The molecule has 3 aliphatic carbocycles. The van der Waals surface area contributed by atoms with Crippen LogP contribution in [0.2, 0.25) is 0 Å². The van der Waals surface area contributed by atoms with E-state index in [1.807, 2.05) is 0 Å². The number of ether oxygens (including phenoxy) is 1. The van der Waals surface area contributed by atoms with E-state index in [1.54, 1.807) is 0 Å². The molecule has 0 unspecified atom stereocenters.